The largest absolute Gasteiger partial charge is 0.497 e. The lowest BCUT2D eigenvalue weighted by atomic mass is 10.1. The van der Waals surface area contributed by atoms with Crippen LogP contribution in [0.2, 0.25) is 0 Å². The molecule has 4 rings (SSSR count). The van der Waals surface area contributed by atoms with Crippen molar-refractivity contribution in [2.75, 3.05) is 33.3 Å². The SMILES string of the molecule is COc1cccc(CC(=O)N2CCN(C(=O)CCc3nnc(-c4ccc(C)cc4)o3)CC2)c1. The van der Waals surface area contributed by atoms with Crippen LogP contribution in [0.1, 0.15) is 23.4 Å². The standard InChI is InChI=1S/C25H28N4O4/c1-18-6-8-20(9-7-18)25-27-26-22(33-25)10-11-23(30)28-12-14-29(15-13-28)24(31)17-19-4-3-5-21(16-19)32-2/h3-9,16H,10-15,17H2,1-2H3. The number of piperazine rings is 1. The Bertz CT molecular complexity index is 1100. The van der Waals surface area contributed by atoms with Crippen LogP contribution in [-0.4, -0.2) is 65.1 Å². The summed E-state index contributed by atoms with van der Waals surface area (Å²) in [6, 6.07) is 15.4. The third-order valence-electron chi connectivity index (χ3n) is 5.79. The Morgan fingerprint density at radius 1 is 0.970 bits per heavy atom. The predicted octanol–water partition coefficient (Wildman–Crippen LogP) is 2.90. The van der Waals surface area contributed by atoms with Crippen molar-refractivity contribution in [3.63, 3.8) is 0 Å². The first-order chi connectivity index (χ1) is 16.0. The number of carbonyl (C=O) groups excluding carboxylic acids is 2. The second kappa shape index (κ2) is 10.3. The van der Waals surface area contributed by atoms with Crippen molar-refractivity contribution in [3.05, 3.63) is 65.5 Å². The predicted molar refractivity (Wildman–Crippen MR) is 123 cm³/mol. The molecule has 172 valence electrons. The Kier molecular flexibility index (Phi) is 7.02. The van der Waals surface area contributed by atoms with Crippen LogP contribution >= 0.6 is 0 Å². The zero-order valence-electron chi connectivity index (χ0n) is 19.0. The van der Waals surface area contributed by atoms with Crippen LogP contribution in [0, 0.1) is 6.92 Å². The van der Waals surface area contributed by atoms with Gasteiger partial charge < -0.3 is 19.0 Å². The number of ether oxygens (including phenoxy) is 1. The average molecular weight is 449 g/mol. The number of benzene rings is 2. The van der Waals surface area contributed by atoms with E-state index in [1.54, 1.807) is 12.0 Å². The summed E-state index contributed by atoms with van der Waals surface area (Å²) in [4.78, 5) is 28.9. The minimum Gasteiger partial charge on any atom is -0.497 e. The van der Waals surface area contributed by atoms with Gasteiger partial charge in [-0.3, -0.25) is 9.59 Å². The summed E-state index contributed by atoms with van der Waals surface area (Å²) in [6.45, 7) is 4.15. The maximum absolute atomic E-state index is 12.6. The van der Waals surface area contributed by atoms with Crippen LogP contribution in [0.5, 0.6) is 5.75 Å². The molecule has 3 aromatic rings. The van der Waals surface area contributed by atoms with E-state index in [9.17, 15) is 9.59 Å². The summed E-state index contributed by atoms with van der Waals surface area (Å²) < 4.78 is 10.9. The van der Waals surface area contributed by atoms with Gasteiger partial charge in [-0.1, -0.05) is 29.8 Å². The molecule has 1 aromatic heterocycles. The zero-order chi connectivity index (χ0) is 23.2. The molecular weight excluding hydrogens is 420 g/mol. The first-order valence-corrected chi connectivity index (χ1v) is 11.1. The van der Waals surface area contributed by atoms with Gasteiger partial charge >= 0.3 is 0 Å². The molecule has 8 nitrogen and oxygen atoms in total. The van der Waals surface area contributed by atoms with E-state index < -0.39 is 0 Å². The van der Waals surface area contributed by atoms with E-state index in [4.69, 9.17) is 9.15 Å². The Balaban J connectivity index is 1.23. The highest BCUT2D eigenvalue weighted by molar-refractivity contribution is 5.80. The number of methoxy groups -OCH3 is 1. The van der Waals surface area contributed by atoms with Crippen molar-refractivity contribution < 1.29 is 18.7 Å². The Morgan fingerprint density at radius 3 is 2.36 bits per heavy atom. The highest BCUT2D eigenvalue weighted by atomic mass is 16.5. The van der Waals surface area contributed by atoms with Gasteiger partial charge in [0, 0.05) is 44.6 Å². The Morgan fingerprint density at radius 2 is 1.67 bits per heavy atom. The fraction of sp³-hybridized carbons (Fsp3) is 0.360. The van der Waals surface area contributed by atoms with Crippen LogP contribution in [0.15, 0.2) is 52.9 Å². The number of rotatable bonds is 7. The van der Waals surface area contributed by atoms with E-state index in [2.05, 4.69) is 10.2 Å². The Labute approximate surface area is 193 Å². The van der Waals surface area contributed by atoms with Crippen LogP contribution in [0.25, 0.3) is 11.5 Å². The number of aromatic nitrogens is 2. The highest BCUT2D eigenvalue weighted by Crippen LogP contribution is 2.19. The maximum atomic E-state index is 12.6. The molecule has 0 radical (unpaired) electrons. The summed E-state index contributed by atoms with van der Waals surface area (Å²) in [5.74, 6) is 1.74. The molecule has 0 atom stereocenters. The van der Waals surface area contributed by atoms with Crippen LogP contribution < -0.4 is 4.74 Å². The normalized spacial score (nSPS) is 13.8. The summed E-state index contributed by atoms with van der Waals surface area (Å²) in [5.41, 5.74) is 2.94. The lowest BCUT2D eigenvalue weighted by molar-refractivity contribution is -0.139. The van der Waals surface area contributed by atoms with E-state index in [1.165, 1.54) is 0 Å². The molecule has 1 fully saturated rings. The molecule has 2 heterocycles. The van der Waals surface area contributed by atoms with Gasteiger partial charge in [0.15, 0.2) is 0 Å². The molecule has 2 amide bonds. The summed E-state index contributed by atoms with van der Waals surface area (Å²) in [5, 5.41) is 8.16. The fourth-order valence-electron chi connectivity index (χ4n) is 3.81. The number of hydrogen-bond donors (Lipinski definition) is 0. The summed E-state index contributed by atoms with van der Waals surface area (Å²) in [7, 11) is 1.61. The number of aryl methyl sites for hydroxylation is 2. The molecule has 2 aromatic carbocycles. The molecule has 33 heavy (non-hydrogen) atoms. The highest BCUT2D eigenvalue weighted by Gasteiger charge is 2.24. The van der Waals surface area contributed by atoms with Gasteiger partial charge in [0.2, 0.25) is 23.6 Å². The van der Waals surface area contributed by atoms with Crippen molar-refractivity contribution in [1.29, 1.82) is 0 Å². The van der Waals surface area contributed by atoms with Gasteiger partial charge in [0.05, 0.1) is 13.5 Å². The minimum atomic E-state index is 0.0324. The molecule has 0 N–H and O–H groups in total. The van der Waals surface area contributed by atoms with Gasteiger partial charge in [-0.05, 0) is 36.8 Å². The molecule has 1 aliphatic heterocycles. The third-order valence-corrected chi connectivity index (χ3v) is 5.79. The summed E-state index contributed by atoms with van der Waals surface area (Å²) >= 11 is 0. The number of amides is 2. The monoisotopic (exact) mass is 448 g/mol. The van der Waals surface area contributed by atoms with Gasteiger partial charge in [0.25, 0.3) is 0 Å². The van der Waals surface area contributed by atoms with Crippen LogP contribution in [0.4, 0.5) is 0 Å². The second-order valence-electron chi connectivity index (χ2n) is 8.16. The molecule has 0 spiro atoms. The first-order valence-electron chi connectivity index (χ1n) is 11.1. The van der Waals surface area contributed by atoms with E-state index in [-0.39, 0.29) is 11.8 Å². The van der Waals surface area contributed by atoms with E-state index in [0.717, 1.165) is 22.4 Å². The molecule has 0 saturated carbocycles. The fourth-order valence-corrected chi connectivity index (χ4v) is 3.81. The van der Waals surface area contributed by atoms with Crippen molar-refractivity contribution >= 4 is 11.8 Å². The lowest BCUT2D eigenvalue weighted by Gasteiger charge is -2.35. The topological polar surface area (TPSA) is 88.8 Å². The molecule has 1 saturated heterocycles. The van der Waals surface area contributed by atoms with Crippen molar-refractivity contribution in [2.45, 2.75) is 26.2 Å². The van der Waals surface area contributed by atoms with Crippen molar-refractivity contribution in [1.82, 2.24) is 20.0 Å². The number of hydrogen-bond acceptors (Lipinski definition) is 6. The molecule has 0 bridgehead atoms. The van der Waals surface area contributed by atoms with Crippen molar-refractivity contribution in [3.8, 4) is 17.2 Å². The van der Waals surface area contributed by atoms with Gasteiger partial charge in [-0.2, -0.15) is 0 Å². The summed E-state index contributed by atoms with van der Waals surface area (Å²) in [6.07, 6.45) is 1.02. The van der Waals surface area contributed by atoms with E-state index in [0.29, 0.717) is 57.2 Å². The minimum absolute atomic E-state index is 0.0324. The average Bonchev–Trinajstić information content (AvgIpc) is 3.32. The van der Waals surface area contributed by atoms with Crippen molar-refractivity contribution in [2.24, 2.45) is 0 Å². The van der Waals surface area contributed by atoms with Gasteiger partial charge in [0.1, 0.15) is 5.75 Å². The second-order valence-corrected chi connectivity index (χ2v) is 8.16. The molecule has 0 aliphatic carbocycles. The van der Waals surface area contributed by atoms with E-state index >= 15 is 0 Å². The van der Waals surface area contributed by atoms with Gasteiger partial charge in [-0.15, -0.1) is 10.2 Å². The lowest BCUT2D eigenvalue weighted by Crippen LogP contribution is -2.51. The quantitative estimate of drug-likeness (QED) is 0.552. The number of nitrogens with zero attached hydrogens (tertiary/aromatic N) is 4. The molecule has 1 aliphatic rings. The van der Waals surface area contributed by atoms with Gasteiger partial charge in [-0.25, -0.2) is 0 Å². The Hall–Kier alpha value is -3.68. The van der Waals surface area contributed by atoms with Crippen LogP contribution in [-0.2, 0) is 22.4 Å². The maximum Gasteiger partial charge on any atom is 0.247 e. The molecule has 8 heteroatoms. The first kappa shape index (κ1) is 22.5. The van der Waals surface area contributed by atoms with Crippen LogP contribution in [0.3, 0.4) is 0 Å². The molecule has 0 unspecified atom stereocenters. The molecular formula is C25H28N4O4. The third kappa shape index (κ3) is 5.77. The number of carbonyl (C=O) groups is 2. The van der Waals surface area contributed by atoms with E-state index in [1.807, 2.05) is 60.4 Å². The smallest absolute Gasteiger partial charge is 0.247 e. The zero-order valence-corrected chi connectivity index (χ0v) is 19.0.